The number of carbonyl (C=O) groups is 2. The first-order chi connectivity index (χ1) is 31.0. The number of hydrogen-bond acceptors (Lipinski definition) is 7. The van der Waals surface area contributed by atoms with E-state index in [4.69, 9.17) is 18.5 Å². The zero-order chi connectivity index (χ0) is 47.1. The van der Waals surface area contributed by atoms with Crippen LogP contribution in [0.15, 0.2) is 24.3 Å². The van der Waals surface area contributed by atoms with Crippen molar-refractivity contribution in [2.45, 2.75) is 264 Å². The Kier molecular flexibility index (Phi) is 45.5. The van der Waals surface area contributed by atoms with E-state index in [1.807, 2.05) is 21.1 Å². The van der Waals surface area contributed by atoms with Crippen LogP contribution in [0.3, 0.4) is 0 Å². The number of likely N-dealkylation sites (N-methyl/N-ethyl adjacent to an activating group) is 1. The maximum Gasteiger partial charge on any atom is 0.472 e. The average molecular weight is 927 g/mol. The van der Waals surface area contributed by atoms with Gasteiger partial charge in [-0.3, -0.25) is 18.6 Å². The van der Waals surface area contributed by atoms with Gasteiger partial charge < -0.3 is 18.9 Å². The second-order valence-corrected chi connectivity index (χ2v) is 21.1. The Morgan fingerprint density at radius 3 is 1.27 bits per heavy atom. The highest BCUT2D eigenvalue weighted by Gasteiger charge is 2.27. The Hall–Kier alpha value is -1.51. The van der Waals surface area contributed by atoms with E-state index in [2.05, 4.69) is 38.2 Å². The third-order valence-electron chi connectivity index (χ3n) is 12.0. The Bertz CT molecular complexity index is 1140. The molecule has 1 N–H and O–H groups in total. The number of unbranched alkanes of at least 4 members (excludes halogenated alkanes) is 32. The lowest BCUT2D eigenvalue weighted by atomic mass is 10.0. The number of nitrogens with zero attached hydrogens (tertiary/aromatic N) is 1. The minimum atomic E-state index is -4.38. The second-order valence-electron chi connectivity index (χ2n) is 19.6. The van der Waals surface area contributed by atoms with Gasteiger partial charge in [-0.05, 0) is 44.9 Å². The van der Waals surface area contributed by atoms with Gasteiger partial charge in [0.05, 0.1) is 27.7 Å². The Balaban J connectivity index is 4.18. The lowest BCUT2D eigenvalue weighted by Gasteiger charge is -2.24. The number of carbonyl (C=O) groups excluding carboxylic acids is 2. The molecule has 0 fully saturated rings. The van der Waals surface area contributed by atoms with Gasteiger partial charge in [0.25, 0.3) is 0 Å². The van der Waals surface area contributed by atoms with Crippen LogP contribution in [0, 0.1) is 0 Å². The van der Waals surface area contributed by atoms with Crippen LogP contribution in [0.25, 0.3) is 0 Å². The van der Waals surface area contributed by atoms with Gasteiger partial charge in [0, 0.05) is 12.8 Å². The van der Waals surface area contributed by atoms with Gasteiger partial charge in [-0.1, -0.05) is 224 Å². The summed E-state index contributed by atoms with van der Waals surface area (Å²) in [4.78, 5) is 35.6. The van der Waals surface area contributed by atoms with Gasteiger partial charge in [-0.2, -0.15) is 0 Å². The topological polar surface area (TPSA) is 108 Å². The predicted molar refractivity (Wildman–Crippen MR) is 271 cm³/mol. The van der Waals surface area contributed by atoms with E-state index >= 15 is 0 Å². The van der Waals surface area contributed by atoms with Crippen LogP contribution in [0.4, 0.5) is 0 Å². The molecule has 0 saturated carbocycles. The molecule has 0 aromatic carbocycles. The van der Waals surface area contributed by atoms with Crippen LogP contribution < -0.4 is 0 Å². The van der Waals surface area contributed by atoms with Crippen molar-refractivity contribution in [2.24, 2.45) is 0 Å². The molecule has 0 amide bonds. The molecule has 0 rings (SSSR count). The maximum absolute atomic E-state index is 12.8. The van der Waals surface area contributed by atoms with E-state index in [0.29, 0.717) is 17.4 Å². The predicted octanol–water partition coefficient (Wildman–Crippen LogP) is 16.3. The van der Waals surface area contributed by atoms with Crippen LogP contribution in [0.1, 0.15) is 258 Å². The minimum Gasteiger partial charge on any atom is -0.462 e. The highest BCUT2D eigenvalue weighted by molar-refractivity contribution is 7.47. The van der Waals surface area contributed by atoms with Gasteiger partial charge in [-0.15, -0.1) is 0 Å². The summed E-state index contributed by atoms with van der Waals surface area (Å²) in [6, 6.07) is 0. The summed E-state index contributed by atoms with van der Waals surface area (Å²) in [5, 5.41) is 0. The highest BCUT2D eigenvalue weighted by Crippen LogP contribution is 2.43. The first-order valence-corrected chi connectivity index (χ1v) is 28.6. The van der Waals surface area contributed by atoms with Crippen LogP contribution in [-0.4, -0.2) is 74.9 Å². The quantitative estimate of drug-likeness (QED) is 0.0211. The fraction of sp³-hybridized carbons (Fsp3) is 0.889. The van der Waals surface area contributed by atoms with Crippen molar-refractivity contribution in [3.05, 3.63) is 24.3 Å². The summed E-state index contributed by atoms with van der Waals surface area (Å²) in [6.45, 7) is 4.44. The van der Waals surface area contributed by atoms with E-state index in [-0.39, 0.29) is 32.0 Å². The first kappa shape index (κ1) is 62.5. The number of phosphoric ester groups is 1. The maximum atomic E-state index is 12.8. The first-order valence-electron chi connectivity index (χ1n) is 27.1. The van der Waals surface area contributed by atoms with Crippen molar-refractivity contribution in [3.63, 3.8) is 0 Å². The Morgan fingerprint density at radius 2 is 0.844 bits per heavy atom. The summed E-state index contributed by atoms with van der Waals surface area (Å²) in [7, 11) is 1.48. The fourth-order valence-corrected chi connectivity index (χ4v) is 8.49. The molecule has 0 aliphatic rings. The van der Waals surface area contributed by atoms with Gasteiger partial charge in [0.15, 0.2) is 6.10 Å². The van der Waals surface area contributed by atoms with Crippen LogP contribution >= 0.6 is 7.82 Å². The Labute approximate surface area is 396 Å². The van der Waals surface area contributed by atoms with Crippen molar-refractivity contribution in [1.82, 2.24) is 0 Å². The van der Waals surface area contributed by atoms with Crippen molar-refractivity contribution < 1.29 is 42.1 Å². The molecule has 0 aliphatic carbocycles. The standard InChI is InChI=1S/C54H104NO8P/c1-6-8-10-12-14-16-18-20-22-24-25-26-27-28-29-31-33-35-37-39-41-43-45-47-54(57)63-52(51-62-64(58,59)61-49-48-55(3,4)5)50-60-53(56)46-44-42-40-38-36-34-32-30-23-21-19-17-15-13-11-9-7-2/h15,17,21,23,52H,6-14,16,18-20,22,24-51H2,1-5H3/p+1/b17-15+,23-21+/t52-/m1/s1. The number of ether oxygens (including phenoxy) is 2. The molecule has 2 atom stereocenters. The molecule has 0 saturated heterocycles. The Morgan fingerprint density at radius 1 is 0.484 bits per heavy atom. The largest absolute Gasteiger partial charge is 0.472 e. The van der Waals surface area contributed by atoms with E-state index in [9.17, 15) is 19.0 Å². The number of quaternary nitrogens is 1. The smallest absolute Gasteiger partial charge is 0.462 e. The summed E-state index contributed by atoms with van der Waals surface area (Å²) in [6.07, 6.45) is 53.8. The molecular weight excluding hydrogens is 822 g/mol. The molecule has 0 spiro atoms. The molecule has 0 bridgehead atoms. The van der Waals surface area contributed by atoms with Crippen LogP contribution in [0.5, 0.6) is 0 Å². The van der Waals surface area contributed by atoms with Crippen molar-refractivity contribution in [2.75, 3.05) is 47.5 Å². The fourth-order valence-electron chi connectivity index (χ4n) is 7.75. The van der Waals surface area contributed by atoms with Gasteiger partial charge in [0.2, 0.25) is 0 Å². The molecule has 0 radical (unpaired) electrons. The zero-order valence-corrected chi connectivity index (χ0v) is 43.7. The van der Waals surface area contributed by atoms with E-state index in [1.54, 1.807) is 0 Å². The van der Waals surface area contributed by atoms with E-state index in [0.717, 1.165) is 51.4 Å². The molecule has 0 aliphatic heterocycles. The second kappa shape index (κ2) is 46.6. The zero-order valence-electron chi connectivity index (χ0n) is 42.8. The summed E-state index contributed by atoms with van der Waals surface area (Å²) >= 11 is 0. The van der Waals surface area contributed by atoms with Crippen LogP contribution in [0.2, 0.25) is 0 Å². The number of phosphoric acid groups is 1. The molecule has 378 valence electrons. The molecule has 10 heteroatoms. The summed E-state index contributed by atoms with van der Waals surface area (Å²) in [5.41, 5.74) is 0. The molecular formula is C54H105NO8P+. The van der Waals surface area contributed by atoms with Crippen molar-refractivity contribution in [3.8, 4) is 0 Å². The monoisotopic (exact) mass is 927 g/mol. The van der Waals surface area contributed by atoms with Crippen molar-refractivity contribution in [1.29, 1.82) is 0 Å². The van der Waals surface area contributed by atoms with Gasteiger partial charge in [-0.25, -0.2) is 4.57 Å². The number of hydrogen-bond donors (Lipinski definition) is 1. The molecule has 1 unspecified atom stereocenters. The number of rotatable bonds is 50. The third-order valence-corrected chi connectivity index (χ3v) is 13.0. The summed E-state index contributed by atoms with van der Waals surface area (Å²) in [5.74, 6) is -0.793. The summed E-state index contributed by atoms with van der Waals surface area (Å²) < 4.78 is 34.5. The lowest BCUT2D eigenvalue weighted by molar-refractivity contribution is -0.870. The van der Waals surface area contributed by atoms with Gasteiger partial charge >= 0.3 is 19.8 Å². The minimum absolute atomic E-state index is 0.0327. The molecule has 0 aromatic rings. The number of esters is 2. The SMILES string of the molecule is CCCCC/C=C/C/C=C/CCCCCCCCCC(=O)OC[C@H](COP(=O)(O)OCC[N+](C)(C)C)OC(=O)CCCCCCCCCCCCCCCCCCCCCCCCC. The normalized spacial score (nSPS) is 13.5. The molecule has 9 nitrogen and oxygen atoms in total. The number of allylic oxidation sites excluding steroid dienone is 4. The lowest BCUT2D eigenvalue weighted by Crippen LogP contribution is -2.37. The van der Waals surface area contributed by atoms with Crippen LogP contribution in [-0.2, 0) is 32.7 Å². The van der Waals surface area contributed by atoms with E-state index in [1.165, 1.54) is 173 Å². The third kappa shape index (κ3) is 49.9. The molecule has 0 heterocycles. The average Bonchev–Trinajstić information content (AvgIpc) is 3.25. The molecule has 64 heavy (non-hydrogen) atoms. The highest BCUT2D eigenvalue weighted by atomic mass is 31.2. The van der Waals surface area contributed by atoms with Gasteiger partial charge in [0.1, 0.15) is 19.8 Å². The van der Waals surface area contributed by atoms with Crippen molar-refractivity contribution >= 4 is 19.8 Å². The van der Waals surface area contributed by atoms with E-state index < -0.39 is 26.5 Å². The molecule has 0 aromatic heterocycles.